The van der Waals surface area contributed by atoms with E-state index in [1.165, 1.54) is 0 Å². The van der Waals surface area contributed by atoms with Crippen LogP contribution in [-0.2, 0) is 6.18 Å². The number of esters is 1. The minimum atomic E-state index is -4.43. The first kappa shape index (κ1) is 19.8. The van der Waals surface area contributed by atoms with Gasteiger partial charge in [0, 0.05) is 10.7 Å². The second kappa shape index (κ2) is 8.39. The number of hydrogen-bond donors (Lipinski definition) is 0. The summed E-state index contributed by atoms with van der Waals surface area (Å²) >= 11 is 3.35. The molecule has 0 bridgehead atoms. The van der Waals surface area contributed by atoms with Gasteiger partial charge in [0.25, 0.3) is 0 Å². The average molecular weight is 448 g/mol. The Labute approximate surface area is 167 Å². The van der Waals surface area contributed by atoms with Crippen LogP contribution in [0, 0.1) is 0 Å². The molecule has 3 rings (SSSR count). The van der Waals surface area contributed by atoms with Gasteiger partial charge in [-0.3, -0.25) is 4.99 Å². The summed E-state index contributed by atoms with van der Waals surface area (Å²) in [7, 11) is 0. The summed E-state index contributed by atoms with van der Waals surface area (Å²) in [4.78, 5) is 16.5. The van der Waals surface area contributed by atoms with Crippen molar-refractivity contribution in [3.63, 3.8) is 0 Å². The molecule has 0 unspecified atom stereocenters. The molecule has 3 aromatic carbocycles. The van der Waals surface area contributed by atoms with Gasteiger partial charge >= 0.3 is 12.1 Å². The van der Waals surface area contributed by atoms with Crippen LogP contribution in [0.5, 0.6) is 5.75 Å². The maximum Gasteiger partial charge on any atom is 0.416 e. The third-order valence-electron chi connectivity index (χ3n) is 3.73. The predicted octanol–water partition coefficient (Wildman–Crippen LogP) is 6.44. The van der Waals surface area contributed by atoms with Crippen LogP contribution in [-0.4, -0.2) is 12.2 Å². The van der Waals surface area contributed by atoms with E-state index in [2.05, 4.69) is 20.9 Å². The lowest BCUT2D eigenvalue weighted by Gasteiger charge is -2.08. The van der Waals surface area contributed by atoms with Crippen molar-refractivity contribution in [2.24, 2.45) is 4.99 Å². The van der Waals surface area contributed by atoms with Crippen molar-refractivity contribution >= 4 is 33.8 Å². The lowest BCUT2D eigenvalue weighted by molar-refractivity contribution is -0.137. The van der Waals surface area contributed by atoms with Crippen LogP contribution in [0.25, 0.3) is 0 Å². The third-order valence-corrected chi connectivity index (χ3v) is 4.26. The molecule has 28 heavy (non-hydrogen) atoms. The summed E-state index contributed by atoms with van der Waals surface area (Å²) in [6, 6.07) is 18.0. The van der Waals surface area contributed by atoms with E-state index >= 15 is 0 Å². The van der Waals surface area contributed by atoms with E-state index in [4.69, 9.17) is 4.74 Å². The first-order valence-electron chi connectivity index (χ1n) is 8.10. The maximum atomic E-state index is 12.6. The van der Waals surface area contributed by atoms with Gasteiger partial charge in [0.05, 0.1) is 16.8 Å². The van der Waals surface area contributed by atoms with Gasteiger partial charge in [-0.2, -0.15) is 13.2 Å². The molecular formula is C21H13BrF3NO2. The highest BCUT2D eigenvalue weighted by molar-refractivity contribution is 9.10. The first-order chi connectivity index (χ1) is 13.3. The van der Waals surface area contributed by atoms with Gasteiger partial charge in [0.2, 0.25) is 0 Å². The van der Waals surface area contributed by atoms with Crippen LogP contribution in [0.15, 0.2) is 82.3 Å². The molecular weight excluding hydrogens is 435 g/mol. The monoisotopic (exact) mass is 447 g/mol. The summed E-state index contributed by atoms with van der Waals surface area (Å²) < 4.78 is 43.7. The average Bonchev–Trinajstić information content (AvgIpc) is 2.67. The van der Waals surface area contributed by atoms with Crippen LogP contribution < -0.4 is 4.74 Å². The fraction of sp³-hybridized carbons (Fsp3) is 0.0476. The molecule has 0 aliphatic carbocycles. The Kier molecular flexibility index (Phi) is 5.94. The van der Waals surface area contributed by atoms with Crippen LogP contribution in [0.2, 0.25) is 0 Å². The molecule has 0 saturated heterocycles. The van der Waals surface area contributed by atoms with E-state index in [1.54, 1.807) is 30.5 Å². The zero-order valence-corrected chi connectivity index (χ0v) is 15.9. The molecule has 0 aromatic heterocycles. The minimum Gasteiger partial charge on any atom is -0.423 e. The zero-order valence-electron chi connectivity index (χ0n) is 14.3. The van der Waals surface area contributed by atoms with Gasteiger partial charge in [0.1, 0.15) is 5.75 Å². The molecule has 0 atom stereocenters. The van der Waals surface area contributed by atoms with Crippen molar-refractivity contribution in [3.05, 3.63) is 94.0 Å². The number of halogens is 4. The smallest absolute Gasteiger partial charge is 0.416 e. The van der Waals surface area contributed by atoms with Crippen molar-refractivity contribution in [2.45, 2.75) is 6.18 Å². The largest absolute Gasteiger partial charge is 0.423 e. The highest BCUT2D eigenvalue weighted by Gasteiger charge is 2.30. The Bertz CT molecular complexity index is 980. The molecule has 0 radical (unpaired) electrons. The quantitative estimate of drug-likeness (QED) is 0.262. The molecule has 142 valence electrons. The van der Waals surface area contributed by atoms with Crippen molar-refractivity contribution in [3.8, 4) is 5.75 Å². The van der Waals surface area contributed by atoms with E-state index < -0.39 is 17.7 Å². The normalized spacial score (nSPS) is 11.6. The number of benzene rings is 3. The first-order valence-corrected chi connectivity index (χ1v) is 8.90. The summed E-state index contributed by atoms with van der Waals surface area (Å²) in [5.41, 5.74) is 1.05. The van der Waals surface area contributed by atoms with Crippen LogP contribution in [0.4, 0.5) is 18.9 Å². The summed E-state index contributed by atoms with van der Waals surface area (Å²) in [6.07, 6.45) is -2.77. The highest BCUT2D eigenvalue weighted by Crippen LogP contribution is 2.30. The van der Waals surface area contributed by atoms with Gasteiger partial charge in [0.15, 0.2) is 0 Å². The molecule has 0 spiro atoms. The number of nitrogens with zero attached hydrogens (tertiary/aromatic N) is 1. The zero-order chi connectivity index (χ0) is 20.1. The summed E-state index contributed by atoms with van der Waals surface area (Å²) in [5.74, 6) is -0.616. The minimum absolute atomic E-state index is 0.0406. The van der Waals surface area contributed by atoms with Crippen LogP contribution in [0.1, 0.15) is 21.5 Å². The van der Waals surface area contributed by atoms with E-state index in [9.17, 15) is 18.0 Å². The molecule has 0 fully saturated rings. The van der Waals surface area contributed by atoms with Gasteiger partial charge in [-0.1, -0.05) is 28.1 Å². The van der Waals surface area contributed by atoms with Crippen molar-refractivity contribution < 1.29 is 22.7 Å². The topological polar surface area (TPSA) is 38.7 Å². The van der Waals surface area contributed by atoms with E-state index in [0.717, 1.165) is 40.0 Å². The molecule has 7 heteroatoms. The lowest BCUT2D eigenvalue weighted by Crippen LogP contribution is -2.09. The molecule has 0 amide bonds. The van der Waals surface area contributed by atoms with Crippen molar-refractivity contribution in [2.75, 3.05) is 0 Å². The van der Waals surface area contributed by atoms with Crippen LogP contribution in [0.3, 0.4) is 0 Å². The van der Waals surface area contributed by atoms with Gasteiger partial charge < -0.3 is 4.74 Å². The third kappa shape index (κ3) is 5.29. The van der Waals surface area contributed by atoms with Gasteiger partial charge in [-0.25, -0.2) is 4.79 Å². The molecule has 0 heterocycles. The SMILES string of the molecule is O=C(Oc1ccc(C(F)(F)F)cc1)c1ccc(C=Nc2ccc(Br)cc2)cc1. The Morgan fingerprint density at radius 2 is 1.50 bits per heavy atom. The fourth-order valence-corrected chi connectivity index (χ4v) is 2.52. The van der Waals surface area contributed by atoms with Crippen molar-refractivity contribution in [1.29, 1.82) is 0 Å². The summed E-state index contributed by atoms with van der Waals surface area (Å²) in [6.45, 7) is 0. The van der Waals surface area contributed by atoms with E-state index in [-0.39, 0.29) is 11.3 Å². The number of carbonyl (C=O) groups excluding carboxylic acids is 1. The molecule has 3 nitrogen and oxygen atoms in total. The maximum absolute atomic E-state index is 12.6. The van der Waals surface area contributed by atoms with Crippen LogP contribution >= 0.6 is 15.9 Å². The second-order valence-electron chi connectivity index (χ2n) is 5.77. The Morgan fingerprint density at radius 1 is 0.893 bits per heavy atom. The molecule has 3 aromatic rings. The number of ether oxygens (including phenoxy) is 1. The number of carbonyl (C=O) groups is 1. The number of rotatable bonds is 4. The van der Waals surface area contributed by atoms with E-state index in [1.807, 2.05) is 24.3 Å². The van der Waals surface area contributed by atoms with E-state index in [0.29, 0.717) is 0 Å². The van der Waals surface area contributed by atoms with Gasteiger partial charge in [-0.15, -0.1) is 0 Å². The second-order valence-corrected chi connectivity index (χ2v) is 6.68. The predicted molar refractivity (Wildman–Crippen MR) is 104 cm³/mol. The summed E-state index contributed by atoms with van der Waals surface area (Å²) in [5, 5.41) is 0. The molecule has 0 N–H and O–H groups in total. The number of aliphatic imine (C=N–C) groups is 1. The van der Waals surface area contributed by atoms with Gasteiger partial charge in [-0.05, 0) is 66.2 Å². The highest BCUT2D eigenvalue weighted by atomic mass is 79.9. The molecule has 0 aliphatic rings. The number of hydrogen-bond acceptors (Lipinski definition) is 3. The Balaban J connectivity index is 1.64. The molecule has 0 aliphatic heterocycles. The fourth-order valence-electron chi connectivity index (χ4n) is 2.26. The standard InChI is InChI=1S/C21H13BrF3NO2/c22-17-7-9-18(10-8-17)26-13-14-1-3-15(4-2-14)20(27)28-19-11-5-16(6-12-19)21(23,24)25/h1-13H. The van der Waals surface area contributed by atoms with Crippen molar-refractivity contribution in [1.82, 2.24) is 0 Å². The Hall–Kier alpha value is -2.93. The molecule has 0 saturated carbocycles. The number of alkyl halides is 3. The Morgan fingerprint density at radius 3 is 2.07 bits per heavy atom. The lowest BCUT2D eigenvalue weighted by atomic mass is 10.1.